The molecule has 0 rings (SSSR count). The molecule has 0 aliphatic heterocycles. The summed E-state index contributed by atoms with van der Waals surface area (Å²) >= 11 is 0. The molecule has 0 aliphatic carbocycles. The van der Waals surface area contributed by atoms with E-state index in [0.717, 1.165) is 89.9 Å². The smallest absolute Gasteiger partial charge is 0.361 e. The molecule has 0 aliphatic rings. The Bertz CT molecular complexity index is 1930. The highest BCUT2D eigenvalue weighted by molar-refractivity contribution is 5.71. The van der Waals surface area contributed by atoms with Crippen LogP contribution in [-0.4, -0.2) is 87.4 Å². The van der Waals surface area contributed by atoms with E-state index in [1.54, 1.807) is 0 Å². The number of esters is 2. The molecule has 0 aromatic carbocycles. The van der Waals surface area contributed by atoms with E-state index in [9.17, 15) is 19.5 Å². The molecule has 0 amide bonds. The fraction of sp³-hybridized carbons (Fsp3) is 0.756. The zero-order chi connectivity index (χ0) is 69.0. The van der Waals surface area contributed by atoms with E-state index < -0.39 is 24.3 Å². The third-order valence-electron chi connectivity index (χ3n) is 17.5. The Morgan fingerprint density at radius 3 is 0.905 bits per heavy atom. The minimum atomic E-state index is -1.51. The average molecular weight is 1330 g/mol. The lowest BCUT2D eigenvalue weighted by Crippen LogP contribution is -2.40. The second-order valence-corrected chi connectivity index (χ2v) is 28.0. The van der Waals surface area contributed by atoms with Crippen molar-refractivity contribution in [1.29, 1.82) is 0 Å². The molecule has 1 N–H and O–H groups in total. The van der Waals surface area contributed by atoms with Crippen molar-refractivity contribution in [2.45, 2.75) is 373 Å². The van der Waals surface area contributed by atoms with Crippen molar-refractivity contribution in [3.63, 3.8) is 0 Å². The number of allylic oxidation sites excluding steroid dienone is 18. The number of aliphatic carboxylic acids is 1. The molecule has 0 aromatic heterocycles. The first kappa shape index (κ1) is 91.0. The molecule has 0 saturated heterocycles. The van der Waals surface area contributed by atoms with Gasteiger partial charge in [-0.1, -0.05) is 354 Å². The normalized spacial score (nSPS) is 13.2. The zero-order valence-corrected chi connectivity index (χ0v) is 62.8. The number of hydrogen-bond donors (Lipinski definition) is 1. The predicted octanol–water partition coefficient (Wildman–Crippen LogP) is 25.7. The summed E-state index contributed by atoms with van der Waals surface area (Å²) in [6.45, 7) is 4.81. The minimum Gasteiger partial charge on any atom is -0.477 e. The molecule has 0 saturated carbocycles. The Labute approximate surface area is 587 Å². The first-order chi connectivity index (χ1) is 46.6. The van der Waals surface area contributed by atoms with Gasteiger partial charge in [0.1, 0.15) is 13.2 Å². The lowest BCUT2D eigenvalue weighted by Gasteiger charge is -2.25. The number of quaternary nitrogens is 1. The number of unbranched alkanes of at least 4 members (excludes halogenated alkanes) is 41. The number of hydrogen-bond acceptors (Lipinski definition) is 7. The number of carbonyl (C=O) groups excluding carboxylic acids is 2. The fourth-order valence-electron chi connectivity index (χ4n) is 11.4. The Morgan fingerprint density at radius 2 is 0.600 bits per heavy atom. The van der Waals surface area contributed by atoms with Gasteiger partial charge >= 0.3 is 17.9 Å². The van der Waals surface area contributed by atoms with Gasteiger partial charge in [0.15, 0.2) is 6.10 Å². The fourth-order valence-corrected chi connectivity index (χ4v) is 11.4. The number of ether oxygens (including phenoxy) is 4. The second-order valence-electron chi connectivity index (χ2n) is 28.0. The van der Waals surface area contributed by atoms with Crippen molar-refractivity contribution in [1.82, 2.24) is 0 Å². The van der Waals surface area contributed by atoms with Crippen LogP contribution in [0, 0.1) is 0 Å². The van der Waals surface area contributed by atoms with Crippen molar-refractivity contribution < 1.29 is 42.9 Å². The topological polar surface area (TPSA) is 108 Å². The van der Waals surface area contributed by atoms with Crippen LogP contribution in [0.3, 0.4) is 0 Å². The third kappa shape index (κ3) is 77.2. The quantitative estimate of drug-likeness (QED) is 0.0211. The largest absolute Gasteiger partial charge is 0.477 e. The predicted molar refractivity (Wildman–Crippen MR) is 410 cm³/mol. The number of carboxylic acids is 1. The molecule has 2 unspecified atom stereocenters. The number of likely N-dealkylation sites (N-methyl/N-ethyl adjacent to an activating group) is 1. The van der Waals surface area contributed by atoms with Gasteiger partial charge in [-0.05, 0) is 103 Å². The van der Waals surface area contributed by atoms with Crippen molar-refractivity contribution in [3.05, 3.63) is 109 Å². The lowest BCUT2D eigenvalue weighted by atomic mass is 10.0. The van der Waals surface area contributed by atoms with E-state index in [1.165, 1.54) is 244 Å². The molecular weight excluding hydrogens is 1170 g/mol. The summed E-state index contributed by atoms with van der Waals surface area (Å²) in [5.41, 5.74) is 0. The Kier molecular flexibility index (Phi) is 72.5. The highest BCUT2D eigenvalue weighted by Gasteiger charge is 2.25. The van der Waals surface area contributed by atoms with Crippen LogP contribution in [0.1, 0.15) is 361 Å². The van der Waals surface area contributed by atoms with Gasteiger partial charge in [0.2, 0.25) is 0 Å². The van der Waals surface area contributed by atoms with Crippen LogP contribution in [0.25, 0.3) is 0 Å². The monoisotopic (exact) mass is 1330 g/mol. The molecule has 0 bridgehead atoms. The summed E-state index contributed by atoms with van der Waals surface area (Å²) in [5, 5.41) is 9.77. The maximum absolute atomic E-state index is 13.0. The van der Waals surface area contributed by atoms with Gasteiger partial charge in [-0.25, -0.2) is 4.79 Å². The number of rotatable bonds is 74. The summed E-state index contributed by atoms with van der Waals surface area (Å²) in [6.07, 6.45) is 104. The SMILES string of the molecule is CC/C=C\C/C=C\C/C=C\C/C=C\C/C=C\C/C=C\C/C=C\C/C=C\CCCCCCCCCCCCCCCCCCC(=O)OC(COC(=O)CCCCCCCCCCCCCCCCCCC/C=C\CCCCCCCCCC)COC(OCC[N+](C)(C)C)C(=O)O. The summed E-state index contributed by atoms with van der Waals surface area (Å²) in [4.78, 5) is 37.7. The Balaban J connectivity index is 4.02. The van der Waals surface area contributed by atoms with Crippen molar-refractivity contribution >= 4 is 17.9 Å². The van der Waals surface area contributed by atoms with E-state index >= 15 is 0 Å². The molecule has 548 valence electrons. The van der Waals surface area contributed by atoms with Crippen molar-refractivity contribution in [2.24, 2.45) is 0 Å². The summed E-state index contributed by atoms with van der Waals surface area (Å²) in [5.74, 6) is -1.99. The van der Waals surface area contributed by atoms with Crippen LogP contribution in [0.2, 0.25) is 0 Å². The average Bonchev–Trinajstić information content (AvgIpc) is 3.54. The lowest BCUT2D eigenvalue weighted by molar-refractivity contribution is -0.870. The first-order valence-corrected chi connectivity index (χ1v) is 40.1. The van der Waals surface area contributed by atoms with E-state index in [4.69, 9.17) is 18.9 Å². The number of nitrogens with zero attached hydrogens (tertiary/aromatic N) is 1. The van der Waals surface area contributed by atoms with Crippen LogP contribution >= 0.6 is 0 Å². The van der Waals surface area contributed by atoms with Gasteiger partial charge in [-0.15, -0.1) is 0 Å². The standard InChI is InChI=1S/C86H151NO8/c1-6-8-10-12-14-16-18-20-22-24-26-28-30-32-34-36-37-38-39-40-41-42-43-44-45-46-47-49-51-53-55-57-59-61-63-65-67-69-71-73-75-77-84(89)95-82(81-94-86(85(90)91)92-79-78-87(3,4)5)80-93-83(88)76-74-72-70-68-66-64-62-60-58-56-54-52-50-48-35-33-31-29-27-25-23-21-19-17-15-13-11-9-7-2/h8,10,14,16,20,22,25-28,32,34,37-38,40-41,43-44,82,86H,6-7,9,11-13,15,17-19,21,23-24,29-31,33,35-36,39,42,45-81H2,1-5H3/p+1/b10-8-,16-14-,22-20-,27-25-,28-26-,34-32-,38-37-,41-40-,44-43-. The van der Waals surface area contributed by atoms with Gasteiger partial charge in [-0.3, -0.25) is 9.59 Å². The maximum atomic E-state index is 13.0. The molecular formula is C86H152NO8+. The molecule has 0 radical (unpaired) electrons. The van der Waals surface area contributed by atoms with Gasteiger partial charge in [0.25, 0.3) is 6.29 Å². The Hall–Kier alpha value is -4.05. The van der Waals surface area contributed by atoms with Crippen LogP contribution in [-0.2, 0) is 33.3 Å². The molecule has 0 fully saturated rings. The van der Waals surface area contributed by atoms with Crippen molar-refractivity contribution in [3.8, 4) is 0 Å². The third-order valence-corrected chi connectivity index (χ3v) is 17.5. The highest BCUT2D eigenvalue weighted by atomic mass is 16.7. The van der Waals surface area contributed by atoms with Gasteiger partial charge in [0.05, 0.1) is 34.4 Å². The van der Waals surface area contributed by atoms with Crippen LogP contribution in [0.4, 0.5) is 0 Å². The highest BCUT2D eigenvalue weighted by Crippen LogP contribution is 2.19. The van der Waals surface area contributed by atoms with Gasteiger partial charge in [-0.2, -0.15) is 0 Å². The van der Waals surface area contributed by atoms with Crippen LogP contribution in [0.15, 0.2) is 109 Å². The Morgan fingerprint density at radius 1 is 0.326 bits per heavy atom. The molecule has 0 spiro atoms. The summed E-state index contributed by atoms with van der Waals surface area (Å²) in [6, 6.07) is 0. The van der Waals surface area contributed by atoms with Crippen molar-refractivity contribution in [2.75, 3.05) is 47.5 Å². The van der Waals surface area contributed by atoms with Gasteiger partial charge < -0.3 is 28.5 Å². The molecule has 2 atom stereocenters. The van der Waals surface area contributed by atoms with E-state index in [-0.39, 0.29) is 32.2 Å². The second kappa shape index (κ2) is 75.7. The minimum absolute atomic E-state index is 0.181. The molecule has 9 nitrogen and oxygen atoms in total. The first-order valence-electron chi connectivity index (χ1n) is 40.1. The molecule has 0 aromatic rings. The zero-order valence-electron chi connectivity index (χ0n) is 62.8. The van der Waals surface area contributed by atoms with Crippen LogP contribution in [0.5, 0.6) is 0 Å². The van der Waals surface area contributed by atoms with E-state index in [1.807, 2.05) is 21.1 Å². The maximum Gasteiger partial charge on any atom is 0.361 e. The number of carbonyl (C=O) groups is 3. The van der Waals surface area contributed by atoms with E-state index in [2.05, 4.69) is 123 Å². The summed E-state index contributed by atoms with van der Waals surface area (Å²) < 4.78 is 23.1. The summed E-state index contributed by atoms with van der Waals surface area (Å²) in [7, 11) is 5.99. The molecule has 0 heterocycles. The number of carboxylic acid groups (broad SMARTS) is 1. The van der Waals surface area contributed by atoms with Crippen LogP contribution < -0.4 is 0 Å². The molecule has 9 heteroatoms. The van der Waals surface area contributed by atoms with Gasteiger partial charge in [0, 0.05) is 12.8 Å². The molecule has 95 heavy (non-hydrogen) atoms. The van der Waals surface area contributed by atoms with E-state index in [0.29, 0.717) is 17.4 Å².